The molecule has 9 heteroatoms. The lowest BCUT2D eigenvalue weighted by molar-refractivity contribution is -0.117. The molecule has 42 heavy (non-hydrogen) atoms. The van der Waals surface area contributed by atoms with E-state index >= 15 is 0 Å². The molecule has 1 aliphatic heterocycles. The van der Waals surface area contributed by atoms with Crippen molar-refractivity contribution in [2.75, 3.05) is 11.5 Å². The van der Waals surface area contributed by atoms with Crippen LogP contribution in [0.1, 0.15) is 48.1 Å². The number of ether oxygens (including phenoxy) is 1. The number of unbranched alkanes of at least 4 members (excludes halogenated alkanes) is 1. The number of rotatable bonds is 12. The molecular weight excluding hydrogens is 567 g/mol. The molecular formula is C33H31N3O4S2. The summed E-state index contributed by atoms with van der Waals surface area (Å²) in [6.07, 6.45) is 5.02. The molecule has 1 aliphatic rings. The minimum atomic E-state index is -0.877. The van der Waals surface area contributed by atoms with E-state index in [1.54, 1.807) is 6.08 Å². The Morgan fingerprint density at radius 2 is 1.79 bits per heavy atom. The number of amides is 1. The zero-order valence-corrected chi connectivity index (χ0v) is 25.0. The number of hydrogen-bond donors (Lipinski definition) is 1. The molecule has 0 aliphatic carbocycles. The van der Waals surface area contributed by atoms with Crippen molar-refractivity contribution in [3.63, 3.8) is 0 Å². The number of aliphatic hydroxyl groups is 1. The number of hydrogen-bond acceptors (Lipinski definition) is 8. The van der Waals surface area contributed by atoms with Gasteiger partial charge in [0.2, 0.25) is 5.13 Å². The van der Waals surface area contributed by atoms with Gasteiger partial charge in [-0.3, -0.25) is 14.5 Å². The molecule has 0 fully saturated rings. The fraction of sp³-hybridized carbons (Fsp3) is 0.212. The van der Waals surface area contributed by atoms with Gasteiger partial charge in [-0.25, -0.2) is 0 Å². The number of thioether (sulfide) groups is 1. The van der Waals surface area contributed by atoms with Crippen LogP contribution in [0.15, 0.2) is 101 Å². The van der Waals surface area contributed by atoms with Gasteiger partial charge in [0.05, 0.1) is 18.2 Å². The second-order valence-electron chi connectivity index (χ2n) is 9.84. The van der Waals surface area contributed by atoms with Crippen molar-refractivity contribution in [3.8, 4) is 5.75 Å². The van der Waals surface area contributed by atoms with E-state index in [0.717, 1.165) is 24.0 Å². The Morgan fingerprint density at radius 3 is 2.50 bits per heavy atom. The maximum atomic E-state index is 13.5. The molecule has 7 nitrogen and oxygen atoms in total. The van der Waals surface area contributed by atoms with Crippen LogP contribution in [0.2, 0.25) is 0 Å². The SMILES string of the molecule is CCCCOc1ccc(C2C(C(=O)/C=C/c3ccccc3)=C(O)C(=O)N2c2nnc(SCc3ccc(C)cc3)s2)cc1. The molecule has 0 bridgehead atoms. The summed E-state index contributed by atoms with van der Waals surface area (Å²) in [5.41, 5.74) is 3.82. The van der Waals surface area contributed by atoms with Crippen molar-refractivity contribution in [2.24, 2.45) is 0 Å². The Bertz CT molecular complexity index is 1600. The van der Waals surface area contributed by atoms with E-state index in [4.69, 9.17) is 4.74 Å². The van der Waals surface area contributed by atoms with Gasteiger partial charge in [0.25, 0.3) is 5.91 Å². The number of anilines is 1. The third-order valence-corrected chi connectivity index (χ3v) is 8.87. The van der Waals surface area contributed by atoms with Crippen LogP contribution in [0.5, 0.6) is 5.75 Å². The first-order valence-corrected chi connectivity index (χ1v) is 15.5. The summed E-state index contributed by atoms with van der Waals surface area (Å²) in [4.78, 5) is 28.4. The lowest BCUT2D eigenvalue weighted by Crippen LogP contribution is -2.30. The van der Waals surface area contributed by atoms with Crippen LogP contribution >= 0.6 is 23.1 Å². The van der Waals surface area contributed by atoms with Crippen LogP contribution in [-0.2, 0) is 15.3 Å². The fourth-order valence-corrected chi connectivity index (χ4v) is 6.29. The molecule has 2 heterocycles. The summed E-state index contributed by atoms with van der Waals surface area (Å²) in [6, 6.07) is 24.0. The second-order valence-corrected chi connectivity index (χ2v) is 12.0. The predicted molar refractivity (Wildman–Crippen MR) is 168 cm³/mol. The first-order valence-electron chi connectivity index (χ1n) is 13.7. The summed E-state index contributed by atoms with van der Waals surface area (Å²) in [7, 11) is 0. The first kappa shape index (κ1) is 29.3. The highest BCUT2D eigenvalue weighted by Gasteiger charge is 2.45. The zero-order chi connectivity index (χ0) is 29.5. The van der Waals surface area contributed by atoms with Crippen molar-refractivity contribution < 1.29 is 19.4 Å². The second kappa shape index (κ2) is 13.6. The molecule has 1 unspecified atom stereocenters. The fourth-order valence-electron chi connectivity index (χ4n) is 4.46. The van der Waals surface area contributed by atoms with Crippen LogP contribution in [0.3, 0.4) is 0 Å². The molecule has 5 rings (SSSR count). The van der Waals surface area contributed by atoms with Crippen LogP contribution in [0, 0.1) is 6.92 Å². The molecule has 4 aromatic rings. The number of nitrogens with zero attached hydrogens (tertiary/aromatic N) is 3. The van der Waals surface area contributed by atoms with E-state index in [2.05, 4.69) is 41.4 Å². The van der Waals surface area contributed by atoms with Crippen LogP contribution < -0.4 is 9.64 Å². The summed E-state index contributed by atoms with van der Waals surface area (Å²) >= 11 is 2.77. The van der Waals surface area contributed by atoms with E-state index in [9.17, 15) is 14.7 Å². The van der Waals surface area contributed by atoms with Crippen LogP contribution in [0.4, 0.5) is 5.13 Å². The van der Waals surface area contributed by atoms with Gasteiger partial charge in [0.1, 0.15) is 5.75 Å². The lowest BCUT2D eigenvalue weighted by Gasteiger charge is -2.24. The summed E-state index contributed by atoms with van der Waals surface area (Å²) in [5, 5.41) is 19.9. The monoisotopic (exact) mass is 597 g/mol. The van der Waals surface area contributed by atoms with Gasteiger partial charge in [-0.1, -0.05) is 115 Å². The van der Waals surface area contributed by atoms with Gasteiger partial charge in [-0.2, -0.15) is 0 Å². The Kier molecular flexibility index (Phi) is 9.51. The smallest absolute Gasteiger partial charge is 0.296 e. The topological polar surface area (TPSA) is 92.6 Å². The predicted octanol–water partition coefficient (Wildman–Crippen LogP) is 7.50. The van der Waals surface area contributed by atoms with E-state index in [-0.39, 0.29) is 5.57 Å². The van der Waals surface area contributed by atoms with Gasteiger partial charge in [0, 0.05) is 5.75 Å². The van der Waals surface area contributed by atoms with Crippen molar-refractivity contribution >= 4 is 46.0 Å². The Balaban J connectivity index is 1.44. The van der Waals surface area contributed by atoms with E-state index in [1.165, 1.54) is 39.6 Å². The molecule has 0 saturated heterocycles. The van der Waals surface area contributed by atoms with E-state index < -0.39 is 23.5 Å². The highest BCUT2D eigenvalue weighted by molar-refractivity contribution is 8.00. The summed E-state index contributed by atoms with van der Waals surface area (Å²) in [6.45, 7) is 4.75. The van der Waals surface area contributed by atoms with Gasteiger partial charge in [0.15, 0.2) is 15.9 Å². The van der Waals surface area contributed by atoms with Gasteiger partial charge in [-0.05, 0) is 48.2 Å². The highest BCUT2D eigenvalue weighted by atomic mass is 32.2. The molecule has 214 valence electrons. The van der Waals surface area contributed by atoms with Crippen molar-refractivity contribution in [3.05, 3.63) is 119 Å². The summed E-state index contributed by atoms with van der Waals surface area (Å²) < 4.78 is 6.49. The van der Waals surface area contributed by atoms with Gasteiger partial charge < -0.3 is 9.84 Å². The Labute approximate surface area is 253 Å². The van der Waals surface area contributed by atoms with Crippen molar-refractivity contribution in [1.29, 1.82) is 0 Å². The minimum absolute atomic E-state index is 0.00380. The minimum Gasteiger partial charge on any atom is -0.503 e. The number of carbonyl (C=O) groups is 2. The van der Waals surface area contributed by atoms with E-state index in [0.29, 0.717) is 33.1 Å². The molecule has 0 radical (unpaired) electrons. The number of carbonyl (C=O) groups excluding carboxylic acids is 2. The van der Waals surface area contributed by atoms with Crippen molar-refractivity contribution in [2.45, 2.75) is 42.8 Å². The number of aromatic nitrogens is 2. The van der Waals surface area contributed by atoms with Crippen molar-refractivity contribution in [1.82, 2.24) is 10.2 Å². The number of benzene rings is 3. The maximum Gasteiger partial charge on any atom is 0.296 e. The molecule has 0 saturated carbocycles. The first-order chi connectivity index (χ1) is 20.4. The number of allylic oxidation sites excluding steroid dienone is 1. The number of aryl methyl sites for hydroxylation is 1. The molecule has 1 aromatic heterocycles. The van der Waals surface area contributed by atoms with Gasteiger partial charge in [-0.15, -0.1) is 10.2 Å². The number of aliphatic hydroxyl groups excluding tert-OH is 1. The van der Waals surface area contributed by atoms with E-state index in [1.807, 2.05) is 61.5 Å². The largest absolute Gasteiger partial charge is 0.503 e. The normalized spacial score (nSPS) is 15.1. The number of ketones is 1. The zero-order valence-electron chi connectivity index (χ0n) is 23.4. The molecule has 3 aromatic carbocycles. The molecule has 1 atom stereocenters. The van der Waals surface area contributed by atoms with Crippen LogP contribution in [-0.4, -0.2) is 33.6 Å². The third-order valence-electron chi connectivity index (χ3n) is 6.75. The standard InChI is InChI=1S/C33H31N3O4S2/c1-3-4-20-40-26-17-15-25(16-18-26)29-28(27(37)19-14-23-8-6-5-7-9-23)30(38)31(39)36(29)32-34-35-33(42-32)41-21-24-12-10-22(2)11-13-24/h5-19,29,38H,3-4,20-21H2,1-2H3/b19-14+. The quantitative estimate of drug-likeness (QED) is 0.0782. The Hall–Kier alpha value is -4.21. The lowest BCUT2D eigenvalue weighted by atomic mass is 9.95. The average Bonchev–Trinajstić information content (AvgIpc) is 3.58. The third kappa shape index (κ3) is 6.80. The molecule has 1 N–H and O–H groups in total. The Morgan fingerprint density at radius 1 is 1.05 bits per heavy atom. The van der Waals surface area contributed by atoms with Gasteiger partial charge >= 0.3 is 0 Å². The maximum absolute atomic E-state index is 13.5. The molecule has 1 amide bonds. The summed E-state index contributed by atoms with van der Waals surface area (Å²) in [5.74, 6) is -0.345. The average molecular weight is 598 g/mol. The highest BCUT2D eigenvalue weighted by Crippen LogP contribution is 2.43. The molecule has 0 spiro atoms. The van der Waals surface area contributed by atoms with Crippen LogP contribution in [0.25, 0.3) is 6.08 Å².